The van der Waals surface area contributed by atoms with Crippen LogP contribution < -0.4 is 5.32 Å². The van der Waals surface area contributed by atoms with Crippen LogP contribution in [0.5, 0.6) is 0 Å². The van der Waals surface area contributed by atoms with Crippen molar-refractivity contribution in [3.05, 3.63) is 29.8 Å². The Morgan fingerprint density at radius 1 is 1.37 bits per heavy atom. The van der Waals surface area contributed by atoms with Crippen LogP contribution in [0, 0.1) is 6.92 Å². The second kappa shape index (κ2) is 5.83. The molecule has 0 bridgehead atoms. The van der Waals surface area contributed by atoms with Crippen LogP contribution in [0.25, 0.3) is 0 Å². The Morgan fingerprint density at radius 2 is 2.00 bits per heavy atom. The third-order valence-corrected chi connectivity index (χ3v) is 4.15. The number of carbonyl (C=O) groups excluding carboxylic acids is 1. The molecule has 0 heterocycles. The highest BCUT2D eigenvalue weighted by molar-refractivity contribution is 7.91. The van der Waals surface area contributed by atoms with Crippen LogP contribution in [0.3, 0.4) is 0 Å². The molecule has 1 amide bonds. The fourth-order valence-corrected chi connectivity index (χ4v) is 3.05. The normalized spacial score (nSPS) is 12.7. The first-order valence-corrected chi connectivity index (χ1v) is 7.17. The first-order valence-electron chi connectivity index (χ1n) is 5.51. The zero-order chi connectivity index (χ0) is 14.6. The molecule has 2 N–H and O–H groups in total. The molecule has 0 spiro atoms. The Kier molecular flexibility index (Phi) is 4.66. The molecule has 19 heavy (non-hydrogen) atoms. The number of amides is 1. The van der Waals surface area contributed by atoms with Crippen molar-refractivity contribution in [2.45, 2.75) is 24.8 Å². The lowest BCUT2D eigenvalue weighted by Gasteiger charge is -2.13. The molecule has 0 aliphatic rings. The Bertz CT molecular complexity index is 594. The summed E-state index contributed by atoms with van der Waals surface area (Å²) in [5.41, 5.74) is 0.757. The van der Waals surface area contributed by atoms with Crippen LogP contribution >= 0.6 is 0 Å². The van der Waals surface area contributed by atoms with Crippen molar-refractivity contribution in [1.82, 2.24) is 5.32 Å². The molecule has 6 nitrogen and oxygen atoms in total. The standard InChI is InChI=1S/C12H15NO5S/c1-8-4-3-5-10(6-8)19(17,18)7-11(12(15)16)13-9(2)14/h3-6,11H,7H2,1-2H3,(H,13,14)(H,15,16). The van der Waals surface area contributed by atoms with Crippen molar-refractivity contribution in [1.29, 1.82) is 0 Å². The average molecular weight is 285 g/mol. The zero-order valence-corrected chi connectivity index (χ0v) is 11.4. The van der Waals surface area contributed by atoms with Gasteiger partial charge < -0.3 is 10.4 Å². The summed E-state index contributed by atoms with van der Waals surface area (Å²) >= 11 is 0. The number of hydrogen-bond donors (Lipinski definition) is 2. The monoisotopic (exact) mass is 285 g/mol. The summed E-state index contributed by atoms with van der Waals surface area (Å²) in [6.07, 6.45) is 0. The van der Waals surface area contributed by atoms with E-state index in [0.29, 0.717) is 0 Å². The van der Waals surface area contributed by atoms with Gasteiger partial charge in [-0.05, 0) is 24.6 Å². The number of carboxylic acids is 1. The minimum Gasteiger partial charge on any atom is -0.480 e. The van der Waals surface area contributed by atoms with E-state index in [1.54, 1.807) is 19.1 Å². The van der Waals surface area contributed by atoms with Gasteiger partial charge in [0.1, 0.15) is 6.04 Å². The molecule has 104 valence electrons. The van der Waals surface area contributed by atoms with Crippen molar-refractivity contribution in [2.75, 3.05) is 5.75 Å². The molecule has 0 aromatic heterocycles. The maximum Gasteiger partial charge on any atom is 0.327 e. The molecular formula is C12H15NO5S. The highest BCUT2D eigenvalue weighted by atomic mass is 32.2. The predicted octanol–water partition coefficient (Wildman–Crippen LogP) is 0.358. The molecule has 1 rings (SSSR count). The number of aliphatic carboxylic acids is 1. The van der Waals surface area contributed by atoms with Gasteiger partial charge in [0.2, 0.25) is 5.91 Å². The number of benzene rings is 1. The van der Waals surface area contributed by atoms with Crippen molar-refractivity contribution in [3.63, 3.8) is 0 Å². The SMILES string of the molecule is CC(=O)NC(CS(=O)(=O)c1cccc(C)c1)C(=O)O. The predicted molar refractivity (Wildman–Crippen MR) is 68.5 cm³/mol. The van der Waals surface area contributed by atoms with Crippen molar-refractivity contribution < 1.29 is 23.1 Å². The molecule has 1 atom stereocenters. The maximum absolute atomic E-state index is 12.1. The van der Waals surface area contributed by atoms with Gasteiger partial charge in [-0.3, -0.25) is 4.79 Å². The third kappa shape index (κ3) is 4.36. The summed E-state index contributed by atoms with van der Waals surface area (Å²) in [5.74, 6) is -2.65. The highest BCUT2D eigenvalue weighted by Gasteiger charge is 2.27. The molecule has 1 aromatic carbocycles. The Balaban J connectivity index is 3.00. The molecule has 7 heteroatoms. The molecule has 0 fully saturated rings. The molecule has 0 radical (unpaired) electrons. The number of carboxylic acid groups (broad SMARTS) is 1. The first kappa shape index (κ1) is 15.2. The van der Waals surface area contributed by atoms with Gasteiger partial charge in [-0.25, -0.2) is 13.2 Å². The number of aryl methyl sites for hydroxylation is 1. The maximum atomic E-state index is 12.1. The summed E-state index contributed by atoms with van der Waals surface area (Å²) in [6.45, 7) is 2.87. The largest absolute Gasteiger partial charge is 0.480 e. The highest BCUT2D eigenvalue weighted by Crippen LogP contribution is 2.14. The molecule has 0 saturated carbocycles. The molecule has 0 aliphatic carbocycles. The summed E-state index contributed by atoms with van der Waals surface area (Å²) < 4.78 is 24.1. The topological polar surface area (TPSA) is 101 Å². The average Bonchev–Trinajstić information content (AvgIpc) is 2.27. The lowest BCUT2D eigenvalue weighted by Crippen LogP contribution is -2.44. The number of hydrogen-bond acceptors (Lipinski definition) is 4. The Labute approximate surface area is 111 Å². The number of nitrogens with one attached hydrogen (secondary N) is 1. The smallest absolute Gasteiger partial charge is 0.327 e. The van der Waals surface area contributed by atoms with Gasteiger partial charge >= 0.3 is 5.97 Å². The van der Waals surface area contributed by atoms with Crippen molar-refractivity contribution in [2.24, 2.45) is 0 Å². The van der Waals surface area contributed by atoms with E-state index in [1.807, 2.05) is 0 Å². The summed E-state index contributed by atoms with van der Waals surface area (Å²) in [7, 11) is -3.77. The van der Waals surface area contributed by atoms with Crippen LogP contribution in [-0.4, -0.2) is 37.2 Å². The minimum atomic E-state index is -3.77. The number of sulfone groups is 1. The van der Waals surface area contributed by atoms with E-state index in [0.717, 1.165) is 12.5 Å². The second-order valence-electron chi connectivity index (χ2n) is 4.19. The van der Waals surface area contributed by atoms with Gasteiger partial charge in [0.15, 0.2) is 9.84 Å². The lowest BCUT2D eigenvalue weighted by atomic mass is 10.2. The van der Waals surface area contributed by atoms with Gasteiger partial charge in [0, 0.05) is 6.92 Å². The van der Waals surface area contributed by atoms with E-state index in [2.05, 4.69) is 5.32 Å². The fourth-order valence-electron chi connectivity index (χ4n) is 1.54. The van der Waals surface area contributed by atoms with Gasteiger partial charge in [-0.1, -0.05) is 12.1 Å². The zero-order valence-electron chi connectivity index (χ0n) is 10.6. The number of carbonyl (C=O) groups is 2. The molecule has 0 saturated heterocycles. The fraction of sp³-hybridized carbons (Fsp3) is 0.333. The van der Waals surface area contributed by atoms with E-state index in [1.165, 1.54) is 12.1 Å². The number of rotatable bonds is 5. The Hall–Kier alpha value is -1.89. The summed E-state index contributed by atoms with van der Waals surface area (Å²) in [4.78, 5) is 21.8. The van der Waals surface area contributed by atoms with Crippen LogP contribution in [-0.2, 0) is 19.4 Å². The van der Waals surface area contributed by atoms with E-state index < -0.39 is 33.5 Å². The van der Waals surface area contributed by atoms with Crippen LogP contribution in [0.4, 0.5) is 0 Å². The van der Waals surface area contributed by atoms with E-state index in [4.69, 9.17) is 5.11 Å². The van der Waals surface area contributed by atoms with Gasteiger partial charge in [0.05, 0.1) is 10.6 Å². The minimum absolute atomic E-state index is 0.0455. The second-order valence-corrected chi connectivity index (χ2v) is 6.22. The molecule has 0 aliphatic heterocycles. The van der Waals surface area contributed by atoms with Crippen LogP contribution in [0.2, 0.25) is 0 Å². The van der Waals surface area contributed by atoms with Crippen LogP contribution in [0.1, 0.15) is 12.5 Å². The van der Waals surface area contributed by atoms with Gasteiger partial charge in [-0.2, -0.15) is 0 Å². The third-order valence-electron chi connectivity index (χ3n) is 2.41. The van der Waals surface area contributed by atoms with Gasteiger partial charge in [-0.15, -0.1) is 0 Å². The first-order chi connectivity index (χ1) is 8.72. The molecular weight excluding hydrogens is 270 g/mol. The van der Waals surface area contributed by atoms with Crippen molar-refractivity contribution in [3.8, 4) is 0 Å². The molecule has 1 unspecified atom stereocenters. The summed E-state index contributed by atoms with van der Waals surface area (Å²) in [5, 5.41) is 11.0. The summed E-state index contributed by atoms with van der Waals surface area (Å²) in [6, 6.07) is 4.72. The molecule has 1 aromatic rings. The van der Waals surface area contributed by atoms with Crippen molar-refractivity contribution >= 4 is 21.7 Å². The van der Waals surface area contributed by atoms with E-state index in [9.17, 15) is 18.0 Å². The van der Waals surface area contributed by atoms with E-state index >= 15 is 0 Å². The lowest BCUT2D eigenvalue weighted by molar-refractivity contribution is -0.140. The van der Waals surface area contributed by atoms with E-state index in [-0.39, 0.29) is 4.90 Å². The van der Waals surface area contributed by atoms with Crippen LogP contribution in [0.15, 0.2) is 29.2 Å². The van der Waals surface area contributed by atoms with Gasteiger partial charge in [0.25, 0.3) is 0 Å². The Morgan fingerprint density at radius 3 is 2.47 bits per heavy atom. The quantitative estimate of drug-likeness (QED) is 0.813.